The molecule has 194 valence electrons. The van der Waals surface area contributed by atoms with Crippen LogP contribution in [0.2, 0.25) is 0 Å². The van der Waals surface area contributed by atoms with E-state index in [1.54, 1.807) is 24.3 Å². The third-order valence-electron chi connectivity index (χ3n) is 6.12. The van der Waals surface area contributed by atoms with Gasteiger partial charge in [-0.1, -0.05) is 55.5 Å². The molecule has 3 aromatic carbocycles. The minimum atomic E-state index is -1.32. The van der Waals surface area contributed by atoms with E-state index in [1.807, 2.05) is 24.3 Å². The largest absolute Gasteiger partial charge is 0.508 e. The fraction of sp³-hybridized carbons (Fsp3) is 0.276. The summed E-state index contributed by atoms with van der Waals surface area (Å²) in [5, 5.41) is 33.8. The molecule has 0 bridgehead atoms. The summed E-state index contributed by atoms with van der Waals surface area (Å²) in [7, 11) is 0. The molecular formula is C29H32N2O6. The summed E-state index contributed by atoms with van der Waals surface area (Å²) in [5.41, 5.74) is 4.20. The molecule has 0 aliphatic carbocycles. The zero-order valence-electron chi connectivity index (χ0n) is 20.8. The first-order valence-corrected chi connectivity index (χ1v) is 12.1. The van der Waals surface area contributed by atoms with Crippen molar-refractivity contribution in [1.29, 1.82) is 0 Å². The van der Waals surface area contributed by atoms with E-state index < -0.39 is 42.4 Å². The molecule has 0 heterocycles. The van der Waals surface area contributed by atoms with Crippen molar-refractivity contribution in [3.05, 3.63) is 89.5 Å². The number of phenolic OH excluding ortho intramolecular Hbond substituents is 1. The molecule has 0 saturated heterocycles. The molecule has 0 spiro atoms. The lowest BCUT2D eigenvalue weighted by Crippen LogP contribution is -2.55. The highest BCUT2D eigenvalue weighted by Gasteiger charge is 2.29. The Balaban J connectivity index is 1.79. The lowest BCUT2D eigenvalue weighted by Gasteiger charge is -2.24. The maximum absolute atomic E-state index is 13.1. The summed E-state index contributed by atoms with van der Waals surface area (Å²) in [5.74, 6) is -1.88. The second kappa shape index (κ2) is 12.8. The van der Waals surface area contributed by atoms with Crippen LogP contribution >= 0.6 is 0 Å². The van der Waals surface area contributed by atoms with Gasteiger partial charge in [-0.25, -0.2) is 0 Å². The molecule has 0 saturated carbocycles. The summed E-state index contributed by atoms with van der Waals surface area (Å²) < 4.78 is 0. The van der Waals surface area contributed by atoms with E-state index >= 15 is 0 Å². The van der Waals surface area contributed by atoms with Gasteiger partial charge in [-0.3, -0.25) is 14.4 Å². The van der Waals surface area contributed by atoms with E-state index in [0.29, 0.717) is 11.1 Å². The maximum atomic E-state index is 13.1. The number of amides is 2. The van der Waals surface area contributed by atoms with Crippen molar-refractivity contribution in [3.8, 4) is 16.9 Å². The van der Waals surface area contributed by atoms with Gasteiger partial charge in [-0.05, 0) is 59.9 Å². The van der Waals surface area contributed by atoms with Crippen LogP contribution in [0.5, 0.6) is 5.75 Å². The Morgan fingerprint density at radius 3 is 1.86 bits per heavy atom. The van der Waals surface area contributed by atoms with Crippen LogP contribution in [0.25, 0.3) is 11.1 Å². The molecule has 2 amide bonds. The average molecular weight is 505 g/mol. The monoisotopic (exact) mass is 504 g/mol. The standard InChI is InChI=1S/C29H32N2O6/c1-3-19-4-8-21(9-5-19)22-10-12-23(13-11-22)28(36)30-25(16-20-6-14-24(34)15-7-20)29(37)31-27(18(2)33)26(35)17-32/h4-15,18,25,27,32-34H,3,16-17H2,1-2H3,(H,30,36)(H,31,37)/t18-,25+,27+/m1/s1. The van der Waals surface area contributed by atoms with Crippen molar-refractivity contribution in [1.82, 2.24) is 10.6 Å². The highest BCUT2D eigenvalue weighted by atomic mass is 16.3. The second-order valence-electron chi connectivity index (χ2n) is 8.88. The fourth-order valence-corrected chi connectivity index (χ4v) is 3.89. The van der Waals surface area contributed by atoms with Crippen LogP contribution in [0.4, 0.5) is 0 Å². The molecule has 3 rings (SSSR count). The number of aliphatic hydroxyl groups is 2. The van der Waals surface area contributed by atoms with Crippen LogP contribution in [-0.2, 0) is 22.4 Å². The van der Waals surface area contributed by atoms with E-state index in [9.17, 15) is 29.7 Å². The Kier molecular flexibility index (Phi) is 9.54. The zero-order chi connectivity index (χ0) is 26.9. The molecule has 0 aliphatic heterocycles. The van der Waals surface area contributed by atoms with Crippen LogP contribution in [0.3, 0.4) is 0 Å². The van der Waals surface area contributed by atoms with Crippen molar-refractivity contribution < 1.29 is 29.7 Å². The first-order chi connectivity index (χ1) is 17.7. The summed E-state index contributed by atoms with van der Waals surface area (Å²) in [6.45, 7) is 2.56. The topological polar surface area (TPSA) is 136 Å². The summed E-state index contributed by atoms with van der Waals surface area (Å²) in [6, 6.07) is 18.9. The van der Waals surface area contributed by atoms with Crippen molar-refractivity contribution >= 4 is 17.6 Å². The summed E-state index contributed by atoms with van der Waals surface area (Å²) in [6.07, 6.45) is -0.225. The number of Topliss-reactive ketones (excluding diaryl/α,β-unsaturated/α-hetero) is 1. The first-order valence-electron chi connectivity index (χ1n) is 12.1. The number of phenols is 1. The van der Waals surface area contributed by atoms with Crippen LogP contribution in [-0.4, -0.2) is 57.7 Å². The van der Waals surface area contributed by atoms with Gasteiger partial charge in [0.25, 0.3) is 5.91 Å². The summed E-state index contributed by atoms with van der Waals surface area (Å²) >= 11 is 0. The first kappa shape index (κ1) is 27.6. The molecule has 5 N–H and O–H groups in total. The quantitative estimate of drug-likeness (QED) is 0.272. The van der Waals surface area contributed by atoms with Gasteiger partial charge in [0, 0.05) is 12.0 Å². The number of rotatable bonds is 11. The lowest BCUT2D eigenvalue weighted by atomic mass is 10.0. The number of benzene rings is 3. The Bertz CT molecular complexity index is 1200. The fourth-order valence-electron chi connectivity index (χ4n) is 3.89. The Labute approximate surface area is 216 Å². The molecular weight excluding hydrogens is 472 g/mol. The van der Waals surface area contributed by atoms with Gasteiger partial charge in [-0.2, -0.15) is 0 Å². The Morgan fingerprint density at radius 1 is 0.811 bits per heavy atom. The number of nitrogens with one attached hydrogen (secondary N) is 2. The minimum absolute atomic E-state index is 0.0564. The van der Waals surface area contributed by atoms with E-state index in [4.69, 9.17) is 0 Å². The molecule has 8 nitrogen and oxygen atoms in total. The minimum Gasteiger partial charge on any atom is -0.508 e. The van der Waals surface area contributed by atoms with Gasteiger partial charge in [0.1, 0.15) is 24.4 Å². The number of hydrogen-bond donors (Lipinski definition) is 5. The summed E-state index contributed by atoms with van der Waals surface area (Å²) in [4.78, 5) is 38.1. The predicted molar refractivity (Wildman–Crippen MR) is 140 cm³/mol. The number of aliphatic hydroxyl groups excluding tert-OH is 2. The number of ketones is 1. The van der Waals surface area contributed by atoms with Crippen molar-refractivity contribution in [2.75, 3.05) is 6.61 Å². The van der Waals surface area contributed by atoms with Gasteiger partial charge in [-0.15, -0.1) is 0 Å². The predicted octanol–water partition coefficient (Wildman–Crippen LogP) is 2.39. The third kappa shape index (κ3) is 7.49. The molecule has 0 radical (unpaired) electrons. The Hall–Kier alpha value is -4.01. The SMILES string of the molecule is CCc1ccc(-c2ccc(C(=O)N[C@@H](Cc3ccc(O)cc3)C(=O)N[C@H](C(=O)CO)[C@@H](C)O)cc2)cc1. The van der Waals surface area contributed by atoms with Gasteiger partial charge in [0.15, 0.2) is 5.78 Å². The number of carbonyl (C=O) groups is 3. The van der Waals surface area contributed by atoms with Gasteiger partial charge in [0.05, 0.1) is 6.10 Å². The van der Waals surface area contributed by atoms with Crippen LogP contribution in [0.15, 0.2) is 72.8 Å². The van der Waals surface area contributed by atoms with Gasteiger partial charge < -0.3 is 26.0 Å². The molecule has 8 heteroatoms. The second-order valence-corrected chi connectivity index (χ2v) is 8.88. The van der Waals surface area contributed by atoms with E-state index in [0.717, 1.165) is 17.5 Å². The number of carbonyl (C=O) groups excluding carboxylic acids is 3. The number of aryl methyl sites for hydroxylation is 1. The van der Waals surface area contributed by atoms with Crippen LogP contribution < -0.4 is 10.6 Å². The number of aromatic hydroxyl groups is 1. The molecule has 0 aromatic heterocycles. The zero-order valence-corrected chi connectivity index (χ0v) is 20.8. The van der Waals surface area contributed by atoms with Gasteiger partial charge >= 0.3 is 0 Å². The van der Waals surface area contributed by atoms with Crippen LogP contribution in [0.1, 0.15) is 35.3 Å². The maximum Gasteiger partial charge on any atom is 0.251 e. The lowest BCUT2D eigenvalue weighted by molar-refractivity contribution is -0.132. The average Bonchev–Trinajstić information content (AvgIpc) is 2.91. The highest BCUT2D eigenvalue weighted by molar-refractivity contribution is 5.99. The highest BCUT2D eigenvalue weighted by Crippen LogP contribution is 2.21. The Morgan fingerprint density at radius 2 is 1.35 bits per heavy atom. The van der Waals surface area contributed by atoms with E-state index in [1.165, 1.54) is 24.6 Å². The smallest absolute Gasteiger partial charge is 0.251 e. The normalized spacial score (nSPS) is 13.3. The molecule has 0 aliphatic rings. The molecule has 0 fully saturated rings. The van der Waals surface area contributed by atoms with Crippen molar-refractivity contribution in [3.63, 3.8) is 0 Å². The van der Waals surface area contributed by atoms with E-state index in [2.05, 4.69) is 29.7 Å². The van der Waals surface area contributed by atoms with Crippen molar-refractivity contribution in [2.45, 2.75) is 44.9 Å². The number of hydrogen-bond acceptors (Lipinski definition) is 6. The molecule has 3 aromatic rings. The van der Waals surface area contributed by atoms with Gasteiger partial charge in [0.2, 0.25) is 5.91 Å². The molecule has 0 unspecified atom stereocenters. The molecule has 37 heavy (non-hydrogen) atoms. The van der Waals surface area contributed by atoms with Crippen LogP contribution in [0, 0.1) is 0 Å². The third-order valence-corrected chi connectivity index (χ3v) is 6.12. The van der Waals surface area contributed by atoms with Crippen molar-refractivity contribution in [2.24, 2.45) is 0 Å². The molecule has 3 atom stereocenters. The van der Waals surface area contributed by atoms with E-state index in [-0.39, 0.29) is 12.2 Å².